The van der Waals surface area contributed by atoms with E-state index in [0.717, 1.165) is 17.0 Å². The predicted octanol–water partition coefficient (Wildman–Crippen LogP) is 3.16. The molecule has 136 valence electrons. The molecule has 0 saturated carbocycles. The van der Waals surface area contributed by atoms with Gasteiger partial charge in [0.15, 0.2) is 0 Å². The summed E-state index contributed by atoms with van der Waals surface area (Å²) in [6.07, 6.45) is 4.59. The van der Waals surface area contributed by atoms with Crippen LogP contribution in [0.5, 0.6) is 0 Å². The summed E-state index contributed by atoms with van der Waals surface area (Å²) in [5.74, 6) is -0.355. The number of hydrogen-bond donors (Lipinski definition) is 1. The number of amides is 1. The van der Waals surface area contributed by atoms with Crippen molar-refractivity contribution >= 4 is 17.8 Å². The Bertz CT molecular complexity index is 1030. The average Bonchev–Trinajstić information content (AvgIpc) is 2.96. The van der Waals surface area contributed by atoms with Crippen molar-refractivity contribution in [1.29, 1.82) is 0 Å². The third-order valence-corrected chi connectivity index (χ3v) is 4.06. The number of hydrazone groups is 1. The second kappa shape index (κ2) is 7.61. The normalized spacial score (nSPS) is 10.9. The maximum absolute atomic E-state index is 12.0. The van der Waals surface area contributed by atoms with E-state index in [9.17, 15) is 14.9 Å². The van der Waals surface area contributed by atoms with Crippen LogP contribution in [0, 0.1) is 24.0 Å². The van der Waals surface area contributed by atoms with Crippen LogP contribution in [0.1, 0.15) is 27.3 Å². The fourth-order valence-corrected chi connectivity index (χ4v) is 2.78. The lowest BCUT2D eigenvalue weighted by Gasteiger charge is -2.09. The first-order valence-corrected chi connectivity index (χ1v) is 8.14. The molecule has 2 aromatic heterocycles. The molecule has 0 radical (unpaired) electrons. The predicted molar refractivity (Wildman–Crippen MR) is 101 cm³/mol. The Morgan fingerprint density at radius 3 is 2.78 bits per heavy atom. The van der Waals surface area contributed by atoms with Crippen LogP contribution < -0.4 is 5.43 Å². The number of carbonyl (C=O) groups excluding carboxylic acids is 1. The van der Waals surface area contributed by atoms with Crippen LogP contribution in [0.4, 0.5) is 5.69 Å². The molecule has 0 aliphatic carbocycles. The van der Waals surface area contributed by atoms with Gasteiger partial charge in [0.05, 0.1) is 22.4 Å². The lowest BCUT2D eigenvalue weighted by molar-refractivity contribution is -0.384. The molecular formula is C19H17N5O3. The van der Waals surface area contributed by atoms with E-state index in [2.05, 4.69) is 15.5 Å². The Kier molecular flexibility index (Phi) is 5.07. The van der Waals surface area contributed by atoms with E-state index in [1.54, 1.807) is 36.7 Å². The number of nitrogens with one attached hydrogen (secondary N) is 1. The van der Waals surface area contributed by atoms with Crippen molar-refractivity contribution in [3.8, 4) is 5.69 Å². The first kappa shape index (κ1) is 18.0. The molecule has 1 N–H and O–H groups in total. The number of carbonyl (C=O) groups is 1. The first-order chi connectivity index (χ1) is 13.0. The molecule has 1 amide bonds. The van der Waals surface area contributed by atoms with Gasteiger partial charge in [0.2, 0.25) is 0 Å². The molecular weight excluding hydrogens is 346 g/mol. The highest BCUT2D eigenvalue weighted by Crippen LogP contribution is 2.23. The van der Waals surface area contributed by atoms with E-state index in [1.807, 2.05) is 24.5 Å². The highest BCUT2D eigenvalue weighted by atomic mass is 16.6. The molecule has 0 unspecified atom stereocenters. The van der Waals surface area contributed by atoms with Crippen molar-refractivity contribution in [2.24, 2.45) is 5.10 Å². The molecule has 27 heavy (non-hydrogen) atoms. The summed E-state index contributed by atoms with van der Waals surface area (Å²) in [4.78, 5) is 26.5. The topological polar surface area (TPSA) is 102 Å². The standard InChI is InChI=1S/C19H17N5O3/c1-13-9-16(12-21-22-19(25)15-5-4-8-20-11-15)14(2)23(13)17-6-3-7-18(10-17)24(26)27/h3-12H,1-2H3,(H,22,25). The van der Waals surface area contributed by atoms with Gasteiger partial charge in [-0.05, 0) is 38.1 Å². The van der Waals surface area contributed by atoms with Crippen molar-refractivity contribution in [1.82, 2.24) is 15.0 Å². The Morgan fingerprint density at radius 1 is 1.26 bits per heavy atom. The summed E-state index contributed by atoms with van der Waals surface area (Å²) in [6.45, 7) is 3.79. The van der Waals surface area contributed by atoms with Crippen molar-refractivity contribution in [2.45, 2.75) is 13.8 Å². The van der Waals surface area contributed by atoms with Gasteiger partial charge in [-0.25, -0.2) is 5.43 Å². The molecule has 0 bridgehead atoms. The number of nitro groups is 1. The number of aromatic nitrogens is 2. The third kappa shape index (κ3) is 3.90. The van der Waals surface area contributed by atoms with E-state index in [1.165, 1.54) is 18.3 Å². The Hall–Kier alpha value is -3.81. The molecule has 8 heteroatoms. The van der Waals surface area contributed by atoms with E-state index < -0.39 is 4.92 Å². The van der Waals surface area contributed by atoms with Gasteiger partial charge < -0.3 is 4.57 Å². The zero-order valence-corrected chi connectivity index (χ0v) is 14.8. The highest BCUT2D eigenvalue weighted by Gasteiger charge is 2.13. The molecule has 3 rings (SSSR count). The van der Waals surface area contributed by atoms with Gasteiger partial charge in [0, 0.05) is 41.5 Å². The minimum Gasteiger partial charge on any atom is -0.318 e. The monoisotopic (exact) mass is 363 g/mol. The van der Waals surface area contributed by atoms with Crippen LogP contribution in [0.3, 0.4) is 0 Å². The van der Waals surface area contributed by atoms with Crippen LogP contribution in [0.2, 0.25) is 0 Å². The van der Waals surface area contributed by atoms with Crippen LogP contribution in [-0.4, -0.2) is 26.6 Å². The summed E-state index contributed by atoms with van der Waals surface area (Å²) < 4.78 is 1.90. The SMILES string of the molecule is Cc1cc(C=NNC(=O)c2cccnc2)c(C)n1-c1cccc([N+](=O)[O-])c1. The van der Waals surface area contributed by atoms with Crippen molar-refractivity contribution in [3.63, 3.8) is 0 Å². The zero-order chi connectivity index (χ0) is 19.4. The summed E-state index contributed by atoms with van der Waals surface area (Å²) in [5, 5.41) is 15.0. The van der Waals surface area contributed by atoms with E-state index in [-0.39, 0.29) is 11.6 Å². The Balaban J connectivity index is 1.83. The lowest BCUT2D eigenvalue weighted by atomic mass is 10.2. The number of hydrogen-bond acceptors (Lipinski definition) is 5. The second-order valence-corrected chi connectivity index (χ2v) is 5.88. The van der Waals surface area contributed by atoms with Gasteiger partial charge in [-0.15, -0.1) is 0 Å². The molecule has 1 aromatic carbocycles. The minimum atomic E-state index is -0.423. The summed E-state index contributed by atoms with van der Waals surface area (Å²) in [7, 11) is 0. The van der Waals surface area contributed by atoms with Crippen molar-refractivity contribution < 1.29 is 9.72 Å². The third-order valence-electron chi connectivity index (χ3n) is 4.06. The van der Waals surface area contributed by atoms with E-state index in [4.69, 9.17) is 0 Å². The average molecular weight is 363 g/mol. The molecule has 0 aliphatic rings. The smallest absolute Gasteiger partial charge is 0.272 e. The number of benzene rings is 1. The van der Waals surface area contributed by atoms with Crippen LogP contribution in [0.25, 0.3) is 5.69 Å². The van der Waals surface area contributed by atoms with Gasteiger partial charge >= 0.3 is 0 Å². The largest absolute Gasteiger partial charge is 0.318 e. The zero-order valence-electron chi connectivity index (χ0n) is 14.8. The van der Waals surface area contributed by atoms with Gasteiger partial charge in [-0.3, -0.25) is 19.9 Å². The molecule has 8 nitrogen and oxygen atoms in total. The summed E-state index contributed by atoms with van der Waals surface area (Å²) in [5.41, 5.74) is 6.14. The lowest BCUT2D eigenvalue weighted by Crippen LogP contribution is -2.17. The van der Waals surface area contributed by atoms with Crippen LogP contribution >= 0.6 is 0 Å². The fourth-order valence-electron chi connectivity index (χ4n) is 2.78. The van der Waals surface area contributed by atoms with Crippen molar-refractivity contribution in [3.05, 3.63) is 87.5 Å². The van der Waals surface area contributed by atoms with E-state index in [0.29, 0.717) is 11.3 Å². The summed E-state index contributed by atoms with van der Waals surface area (Å²) >= 11 is 0. The number of non-ortho nitro benzene ring substituents is 1. The number of rotatable bonds is 5. The van der Waals surface area contributed by atoms with Crippen molar-refractivity contribution in [2.75, 3.05) is 0 Å². The number of pyridine rings is 1. The second-order valence-electron chi connectivity index (χ2n) is 5.88. The maximum Gasteiger partial charge on any atom is 0.272 e. The van der Waals surface area contributed by atoms with Gasteiger partial charge in [-0.2, -0.15) is 5.10 Å². The number of nitro benzene ring substituents is 1. The molecule has 3 aromatic rings. The number of nitrogens with zero attached hydrogens (tertiary/aromatic N) is 4. The number of aryl methyl sites for hydroxylation is 1. The molecule has 0 spiro atoms. The molecule has 0 atom stereocenters. The maximum atomic E-state index is 12.0. The highest BCUT2D eigenvalue weighted by molar-refractivity contribution is 5.94. The Labute approximate surface area is 155 Å². The quantitative estimate of drug-likeness (QED) is 0.427. The molecule has 0 aliphatic heterocycles. The van der Waals surface area contributed by atoms with Crippen LogP contribution in [-0.2, 0) is 0 Å². The van der Waals surface area contributed by atoms with E-state index >= 15 is 0 Å². The van der Waals surface area contributed by atoms with Crippen LogP contribution in [0.15, 0.2) is 60.0 Å². The van der Waals surface area contributed by atoms with Gasteiger partial charge in [0.1, 0.15) is 0 Å². The summed E-state index contributed by atoms with van der Waals surface area (Å²) in [6, 6.07) is 11.6. The molecule has 2 heterocycles. The fraction of sp³-hybridized carbons (Fsp3) is 0.105. The van der Waals surface area contributed by atoms with Gasteiger partial charge in [-0.1, -0.05) is 6.07 Å². The first-order valence-electron chi connectivity index (χ1n) is 8.14. The van der Waals surface area contributed by atoms with Gasteiger partial charge in [0.25, 0.3) is 11.6 Å². The molecule has 0 saturated heterocycles. The minimum absolute atomic E-state index is 0.0268. The Morgan fingerprint density at radius 2 is 2.07 bits per heavy atom. The molecule has 0 fully saturated rings.